The summed E-state index contributed by atoms with van der Waals surface area (Å²) in [5.41, 5.74) is 5.11. The molecule has 0 amide bonds. The number of hydrogen-bond donors (Lipinski definition) is 0. The van der Waals surface area contributed by atoms with Crippen LogP contribution in [0.3, 0.4) is 0 Å². The third-order valence-corrected chi connectivity index (χ3v) is 3.65. The van der Waals surface area contributed by atoms with E-state index in [1.807, 2.05) is 13.0 Å². The van der Waals surface area contributed by atoms with Gasteiger partial charge in [0.15, 0.2) is 0 Å². The van der Waals surface area contributed by atoms with Gasteiger partial charge in [-0.2, -0.15) is 0 Å². The summed E-state index contributed by atoms with van der Waals surface area (Å²) in [6.07, 6.45) is 7.50. The molecule has 1 aliphatic rings. The third-order valence-electron chi connectivity index (χ3n) is 3.65. The Bertz CT molecular complexity index is 816. The number of allylic oxidation sites excluding steroid dienone is 3. The summed E-state index contributed by atoms with van der Waals surface area (Å²) in [4.78, 5) is 0. The summed E-state index contributed by atoms with van der Waals surface area (Å²) in [5.74, 6) is 2.05. The van der Waals surface area contributed by atoms with E-state index in [9.17, 15) is 8.78 Å². The van der Waals surface area contributed by atoms with Crippen molar-refractivity contribution in [2.75, 3.05) is 0 Å². The molecule has 2 heteroatoms. The molecule has 0 atom stereocenters. The second-order valence-electron chi connectivity index (χ2n) is 4.94. The molecular formula is C19H12F2. The standard InChI is InChI=1S/C19H12F2/c1-3-16-12(2)18(10-13-4-6-14(20)7-5-13)17-9-8-15(21)11-19(16)17/h1,4-11H,2H3. The summed E-state index contributed by atoms with van der Waals surface area (Å²) < 4.78 is 26.4. The lowest BCUT2D eigenvalue weighted by molar-refractivity contribution is 0.627. The molecule has 0 bridgehead atoms. The second-order valence-corrected chi connectivity index (χ2v) is 4.94. The normalized spacial score (nSPS) is 15.2. The minimum absolute atomic E-state index is 0.275. The van der Waals surface area contributed by atoms with Gasteiger partial charge in [-0.05, 0) is 59.5 Å². The molecule has 0 nitrogen and oxygen atoms in total. The average Bonchev–Trinajstić information content (AvgIpc) is 2.73. The average molecular weight is 278 g/mol. The van der Waals surface area contributed by atoms with Crippen molar-refractivity contribution >= 4 is 17.2 Å². The fraction of sp³-hybridized carbons (Fsp3) is 0.0526. The molecule has 1 aliphatic carbocycles. The van der Waals surface area contributed by atoms with Crippen LogP contribution in [-0.4, -0.2) is 0 Å². The number of halogens is 2. The summed E-state index contributed by atoms with van der Waals surface area (Å²) in [6, 6.07) is 10.8. The molecular weight excluding hydrogens is 266 g/mol. The summed E-state index contributed by atoms with van der Waals surface area (Å²) in [5, 5.41) is 0. The second kappa shape index (κ2) is 5.03. The molecule has 102 valence electrons. The Balaban J connectivity index is 2.18. The number of rotatable bonds is 1. The molecule has 0 fully saturated rings. The smallest absolute Gasteiger partial charge is 0.123 e. The first-order valence-corrected chi connectivity index (χ1v) is 6.55. The van der Waals surface area contributed by atoms with Crippen LogP contribution in [0.1, 0.15) is 23.6 Å². The fourth-order valence-corrected chi connectivity index (χ4v) is 2.59. The van der Waals surface area contributed by atoms with Gasteiger partial charge in [0, 0.05) is 11.1 Å². The quantitative estimate of drug-likeness (QED) is 0.649. The zero-order valence-corrected chi connectivity index (χ0v) is 11.5. The number of benzene rings is 2. The molecule has 0 aromatic heterocycles. The Morgan fingerprint density at radius 2 is 1.62 bits per heavy atom. The highest BCUT2D eigenvalue weighted by Crippen LogP contribution is 2.41. The van der Waals surface area contributed by atoms with Crippen LogP contribution >= 0.6 is 0 Å². The van der Waals surface area contributed by atoms with Gasteiger partial charge in [0.1, 0.15) is 11.6 Å². The predicted octanol–water partition coefficient (Wildman–Crippen LogP) is 4.93. The highest BCUT2D eigenvalue weighted by Gasteiger charge is 2.22. The third kappa shape index (κ3) is 2.28. The Morgan fingerprint density at radius 3 is 2.29 bits per heavy atom. The first kappa shape index (κ1) is 13.3. The first-order chi connectivity index (χ1) is 10.1. The van der Waals surface area contributed by atoms with E-state index in [1.54, 1.807) is 18.2 Å². The highest BCUT2D eigenvalue weighted by molar-refractivity contribution is 6.08. The summed E-state index contributed by atoms with van der Waals surface area (Å²) >= 11 is 0. The maximum absolute atomic E-state index is 13.4. The van der Waals surface area contributed by atoms with E-state index in [2.05, 4.69) is 5.92 Å². The van der Waals surface area contributed by atoms with Crippen molar-refractivity contribution < 1.29 is 8.78 Å². The van der Waals surface area contributed by atoms with Gasteiger partial charge in [0.25, 0.3) is 0 Å². The van der Waals surface area contributed by atoms with Crippen LogP contribution in [0.25, 0.3) is 17.2 Å². The van der Waals surface area contributed by atoms with Crippen LogP contribution in [0.15, 0.2) is 48.0 Å². The molecule has 0 unspecified atom stereocenters. The number of terminal acetylenes is 1. The Kier molecular flexibility index (Phi) is 3.19. The van der Waals surface area contributed by atoms with Gasteiger partial charge >= 0.3 is 0 Å². The molecule has 21 heavy (non-hydrogen) atoms. The van der Waals surface area contributed by atoms with Crippen LogP contribution < -0.4 is 0 Å². The molecule has 0 spiro atoms. The molecule has 0 saturated carbocycles. The van der Waals surface area contributed by atoms with Gasteiger partial charge in [0.05, 0.1) is 0 Å². The van der Waals surface area contributed by atoms with E-state index in [4.69, 9.17) is 6.42 Å². The van der Waals surface area contributed by atoms with Crippen molar-refractivity contribution in [3.63, 3.8) is 0 Å². The van der Waals surface area contributed by atoms with Gasteiger partial charge in [-0.1, -0.05) is 24.1 Å². The Labute approximate surface area is 122 Å². The van der Waals surface area contributed by atoms with Crippen LogP contribution in [0.2, 0.25) is 0 Å². The van der Waals surface area contributed by atoms with E-state index in [0.29, 0.717) is 5.57 Å². The van der Waals surface area contributed by atoms with E-state index in [-0.39, 0.29) is 11.6 Å². The van der Waals surface area contributed by atoms with Crippen LogP contribution in [0.4, 0.5) is 8.78 Å². The Morgan fingerprint density at radius 1 is 0.952 bits per heavy atom. The van der Waals surface area contributed by atoms with Gasteiger partial charge < -0.3 is 0 Å². The minimum atomic E-state index is -0.308. The molecule has 0 aliphatic heterocycles. The molecule has 0 N–H and O–H groups in total. The lowest BCUT2D eigenvalue weighted by atomic mass is 10.0. The summed E-state index contributed by atoms with van der Waals surface area (Å²) in [6.45, 7) is 1.92. The monoisotopic (exact) mass is 278 g/mol. The molecule has 0 heterocycles. The largest absolute Gasteiger partial charge is 0.207 e. The van der Waals surface area contributed by atoms with Crippen molar-refractivity contribution in [2.24, 2.45) is 0 Å². The molecule has 2 aromatic rings. The zero-order valence-electron chi connectivity index (χ0n) is 11.5. The van der Waals surface area contributed by atoms with Crippen molar-refractivity contribution in [1.82, 2.24) is 0 Å². The zero-order chi connectivity index (χ0) is 15.0. The van der Waals surface area contributed by atoms with Crippen molar-refractivity contribution in [3.05, 3.63) is 76.4 Å². The highest BCUT2D eigenvalue weighted by atomic mass is 19.1. The molecule has 0 saturated heterocycles. The molecule has 2 aromatic carbocycles. The van der Waals surface area contributed by atoms with Crippen LogP contribution in [0.5, 0.6) is 0 Å². The lowest BCUT2D eigenvalue weighted by Crippen LogP contribution is -1.86. The van der Waals surface area contributed by atoms with E-state index >= 15 is 0 Å². The van der Waals surface area contributed by atoms with Crippen LogP contribution in [-0.2, 0) is 0 Å². The van der Waals surface area contributed by atoms with E-state index in [0.717, 1.165) is 27.8 Å². The SMILES string of the molecule is C#CC1=C(C)C(=Cc2ccc(F)cc2)c2ccc(F)cc21. The Hall–Kier alpha value is -2.66. The molecule has 0 radical (unpaired) electrons. The first-order valence-electron chi connectivity index (χ1n) is 6.55. The van der Waals surface area contributed by atoms with Gasteiger partial charge in [-0.25, -0.2) is 8.78 Å². The summed E-state index contributed by atoms with van der Waals surface area (Å²) in [7, 11) is 0. The van der Waals surface area contributed by atoms with Gasteiger partial charge in [0.2, 0.25) is 0 Å². The van der Waals surface area contributed by atoms with Gasteiger partial charge in [-0.3, -0.25) is 0 Å². The molecule has 3 rings (SSSR count). The van der Waals surface area contributed by atoms with Crippen molar-refractivity contribution in [2.45, 2.75) is 6.92 Å². The maximum Gasteiger partial charge on any atom is 0.123 e. The lowest BCUT2D eigenvalue weighted by Gasteiger charge is -2.04. The van der Waals surface area contributed by atoms with Gasteiger partial charge in [-0.15, -0.1) is 6.42 Å². The van der Waals surface area contributed by atoms with Crippen molar-refractivity contribution in [1.29, 1.82) is 0 Å². The topological polar surface area (TPSA) is 0 Å². The van der Waals surface area contributed by atoms with E-state index < -0.39 is 0 Å². The van der Waals surface area contributed by atoms with Crippen molar-refractivity contribution in [3.8, 4) is 12.3 Å². The predicted molar refractivity (Wildman–Crippen MR) is 82.1 cm³/mol. The van der Waals surface area contributed by atoms with Crippen LogP contribution in [0, 0.1) is 24.0 Å². The number of fused-ring (bicyclic) bond motifs is 1. The maximum atomic E-state index is 13.4. The minimum Gasteiger partial charge on any atom is -0.207 e. The van der Waals surface area contributed by atoms with E-state index in [1.165, 1.54) is 24.3 Å². The number of hydrogen-bond acceptors (Lipinski definition) is 0. The fourth-order valence-electron chi connectivity index (χ4n) is 2.59.